The summed E-state index contributed by atoms with van der Waals surface area (Å²) in [7, 11) is 0. The summed E-state index contributed by atoms with van der Waals surface area (Å²) in [5, 5.41) is 12.4. The van der Waals surface area contributed by atoms with E-state index in [9.17, 15) is 4.79 Å². The van der Waals surface area contributed by atoms with Crippen molar-refractivity contribution < 1.29 is 4.79 Å². The van der Waals surface area contributed by atoms with Crippen molar-refractivity contribution in [1.29, 1.82) is 5.26 Å². The first-order valence-electron chi connectivity index (χ1n) is 7.50. The second kappa shape index (κ2) is 7.45. The number of carbonyl (C=O) groups excluding carboxylic acids is 1. The number of carbonyl (C=O) groups is 1. The number of aryl methyl sites for hydroxylation is 2. The van der Waals surface area contributed by atoms with Crippen LogP contribution in [0.4, 0.5) is 0 Å². The van der Waals surface area contributed by atoms with Gasteiger partial charge in [-0.25, -0.2) is 5.43 Å². The molecule has 0 aliphatic rings. The lowest BCUT2D eigenvalue weighted by molar-refractivity contribution is -0.120. The minimum atomic E-state index is -0.423. The maximum Gasteiger partial charge on any atom is 0.254 e. The molecule has 1 heterocycles. The molecule has 5 nitrogen and oxygen atoms in total. The third kappa shape index (κ3) is 3.57. The molecule has 0 saturated carbocycles. The fourth-order valence-corrected chi connectivity index (χ4v) is 3.14. The van der Waals surface area contributed by atoms with Gasteiger partial charge in [-0.3, -0.25) is 4.79 Å². The number of hydrogen-bond acceptors (Lipinski definition) is 3. The van der Waals surface area contributed by atoms with Crippen LogP contribution in [0.15, 0.2) is 27.8 Å². The number of aromatic nitrogens is 1. The third-order valence-electron chi connectivity index (χ3n) is 3.84. The van der Waals surface area contributed by atoms with Crippen molar-refractivity contribution >= 4 is 28.1 Å². The van der Waals surface area contributed by atoms with E-state index in [2.05, 4.69) is 63.1 Å². The molecule has 0 unspecified atom stereocenters. The molecule has 24 heavy (non-hydrogen) atoms. The highest BCUT2D eigenvalue weighted by Crippen LogP contribution is 2.31. The van der Waals surface area contributed by atoms with Crippen molar-refractivity contribution in [2.24, 2.45) is 5.10 Å². The molecule has 0 atom stereocenters. The molecule has 0 saturated heterocycles. The van der Waals surface area contributed by atoms with Gasteiger partial charge in [-0.05, 0) is 60.8 Å². The zero-order valence-corrected chi connectivity index (χ0v) is 15.7. The normalized spacial score (nSPS) is 10.8. The monoisotopic (exact) mass is 386 g/mol. The summed E-state index contributed by atoms with van der Waals surface area (Å²) in [4.78, 5) is 11.3. The Kier molecular flexibility index (Phi) is 5.58. The minimum Gasteiger partial charge on any atom is -0.316 e. The Hall–Kier alpha value is -2.39. The first-order chi connectivity index (χ1) is 11.4. The standard InChI is InChI=1S/C18H19BrN4O/c1-11-5-6-12(2)16(9-11)23-13(3)15(18(19)14(23)4)10-21-22-17(24)7-8-20/h5-6,9-10H,7H2,1-4H3,(H,22,24)/b21-10-. The lowest BCUT2D eigenvalue weighted by Crippen LogP contribution is -2.16. The quantitative estimate of drug-likeness (QED) is 0.640. The van der Waals surface area contributed by atoms with Crippen LogP contribution in [0.3, 0.4) is 0 Å². The van der Waals surface area contributed by atoms with E-state index in [1.54, 1.807) is 12.3 Å². The lowest BCUT2D eigenvalue weighted by atomic mass is 10.1. The molecular formula is C18H19BrN4O. The number of amides is 1. The molecule has 2 rings (SSSR count). The Morgan fingerprint density at radius 2 is 2.04 bits per heavy atom. The first kappa shape index (κ1) is 18.0. The van der Waals surface area contributed by atoms with E-state index in [0.29, 0.717) is 0 Å². The molecule has 1 aromatic heterocycles. The van der Waals surface area contributed by atoms with Crippen LogP contribution in [-0.2, 0) is 4.79 Å². The highest BCUT2D eigenvalue weighted by molar-refractivity contribution is 9.10. The van der Waals surface area contributed by atoms with Gasteiger partial charge in [0.25, 0.3) is 5.91 Å². The van der Waals surface area contributed by atoms with Crippen molar-refractivity contribution in [2.75, 3.05) is 0 Å². The van der Waals surface area contributed by atoms with E-state index in [-0.39, 0.29) is 6.42 Å². The number of nitrogens with one attached hydrogen (secondary N) is 1. The number of nitrogens with zero attached hydrogens (tertiary/aromatic N) is 3. The predicted octanol–water partition coefficient (Wildman–Crippen LogP) is 3.84. The van der Waals surface area contributed by atoms with Gasteiger partial charge in [0.15, 0.2) is 0 Å². The van der Waals surface area contributed by atoms with Gasteiger partial charge < -0.3 is 4.57 Å². The highest BCUT2D eigenvalue weighted by Gasteiger charge is 2.17. The minimum absolute atomic E-state index is 0.208. The van der Waals surface area contributed by atoms with Crippen LogP contribution in [0, 0.1) is 39.0 Å². The average molecular weight is 387 g/mol. The maximum absolute atomic E-state index is 11.3. The molecule has 0 bridgehead atoms. The molecule has 6 heteroatoms. The Balaban J connectivity index is 2.44. The molecular weight excluding hydrogens is 368 g/mol. The first-order valence-corrected chi connectivity index (χ1v) is 8.30. The fraction of sp³-hybridized carbons (Fsp3) is 0.278. The van der Waals surface area contributed by atoms with E-state index in [1.165, 1.54) is 11.1 Å². The molecule has 0 aliphatic carbocycles. The third-order valence-corrected chi connectivity index (χ3v) is 4.84. The number of nitriles is 1. The molecule has 2 aromatic rings. The van der Waals surface area contributed by atoms with E-state index in [4.69, 9.17) is 5.26 Å². The van der Waals surface area contributed by atoms with Crippen molar-refractivity contribution in [1.82, 2.24) is 9.99 Å². The van der Waals surface area contributed by atoms with Gasteiger partial charge >= 0.3 is 0 Å². The van der Waals surface area contributed by atoms with Gasteiger partial charge in [0.2, 0.25) is 0 Å². The van der Waals surface area contributed by atoms with Gasteiger partial charge in [-0.1, -0.05) is 12.1 Å². The summed E-state index contributed by atoms with van der Waals surface area (Å²) in [6.45, 7) is 8.19. The molecule has 0 spiro atoms. The Bertz CT molecular complexity index is 859. The van der Waals surface area contributed by atoms with Crippen LogP contribution in [0.2, 0.25) is 0 Å². The van der Waals surface area contributed by atoms with Gasteiger partial charge in [0.1, 0.15) is 6.42 Å². The Morgan fingerprint density at radius 1 is 1.33 bits per heavy atom. The predicted molar refractivity (Wildman–Crippen MR) is 98.4 cm³/mol. The summed E-state index contributed by atoms with van der Waals surface area (Å²) >= 11 is 3.61. The van der Waals surface area contributed by atoms with Crippen LogP contribution in [-0.4, -0.2) is 16.7 Å². The number of halogens is 1. The Labute approximate surface area is 150 Å². The van der Waals surface area contributed by atoms with Gasteiger partial charge in [-0.15, -0.1) is 0 Å². The summed E-state index contributed by atoms with van der Waals surface area (Å²) in [5.74, 6) is -0.423. The highest BCUT2D eigenvalue weighted by atomic mass is 79.9. The van der Waals surface area contributed by atoms with Crippen molar-refractivity contribution in [2.45, 2.75) is 34.1 Å². The number of hydrogen-bond donors (Lipinski definition) is 1. The van der Waals surface area contributed by atoms with Gasteiger partial charge in [0, 0.05) is 27.1 Å². The molecule has 124 valence electrons. The van der Waals surface area contributed by atoms with Crippen LogP contribution in [0.1, 0.15) is 34.5 Å². The number of hydrazone groups is 1. The molecule has 0 fully saturated rings. The second-order valence-corrected chi connectivity index (χ2v) is 6.44. The van der Waals surface area contributed by atoms with Crippen molar-refractivity contribution in [3.63, 3.8) is 0 Å². The number of benzene rings is 1. The summed E-state index contributed by atoms with van der Waals surface area (Å²) < 4.78 is 3.10. The molecule has 1 amide bonds. The number of rotatable bonds is 4. The zero-order chi connectivity index (χ0) is 17.9. The fourth-order valence-electron chi connectivity index (χ4n) is 2.58. The van der Waals surface area contributed by atoms with Crippen LogP contribution >= 0.6 is 15.9 Å². The van der Waals surface area contributed by atoms with Crippen LogP contribution in [0.5, 0.6) is 0 Å². The molecule has 1 aromatic carbocycles. The van der Waals surface area contributed by atoms with Crippen molar-refractivity contribution in [3.05, 3.63) is 50.8 Å². The topological polar surface area (TPSA) is 70.2 Å². The smallest absolute Gasteiger partial charge is 0.254 e. The molecule has 1 N–H and O–H groups in total. The molecule has 0 radical (unpaired) electrons. The van der Waals surface area contributed by atoms with E-state index < -0.39 is 5.91 Å². The van der Waals surface area contributed by atoms with Crippen LogP contribution in [0.25, 0.3) is 5.69 Å². The maximum atomic E-state index is 11.3. The van der Waals surface area contributed by atoms with Crippen LogP contribution < -0.4 is 5.43 Å². The van der Waals surface area contributed by atoms with E-state index in [1.807, 2.05) is 13.8 Å². The summed E-state index contributed by atoms with van der Waals surface area (Å²) in [6, 6.07) is 8.13. The lowest BCUT2D eigenvalue weighted by Gasteiger charge is -2.13. The summed E-state index contributed by atoms with van der Waals surface area (Å²) in [5.41, 5.74) is 8.83. The second-order valence-electron chi connectivity index (χ2n) is 5.65. The van der Waals surface area contributed by atoms with Gasteiger partial charge in [0.05, 0.1) is 12.3 Å². The van der Waals surface area contributed by atoms with E-state index in [0.717, 1.165) is 27.1 Å². The average Bonchev–Trinajstić information content (AvgIpc) is 2.74. The summed E-state index contributed by atoms with van der Waals surface area (Å²) in [6.07, 6.45) is 1.39. The zero-order valence-electron chi connectivity index (χ0n) is 14.1. The van der Waals surface area contributed by atoms with E-state index >= 15 is 0 Å². The van der Waals surface area contributed by atoms with Gasteiger partial charge in [-0.2, -0.15) is 10.4 Å². The SMILES string of the molecule is Cc1ccc(C)c(-n2c(C)c(Br)c(/C=N\NC(=O)CC#N)c2C)c1. The molecule has 0 aliphatic heterocycles. The van der Waals surface area contributed by atoms with Crippen molar-refractivity contribution in [3.8, 4) is 11.8 Å². The largest absolute Gasteiger partial charge is 0.316 e. The Morgan fingerprint density at radius 3 is 2.71 bits per heavy atom.